The molecule has 0 spiro atoms. The number of alkyl halides is 1. The van der Waals surface area contributed by atoms with Gasteiger partial charge in [-0.2, -0.15) is 0 Å². The van der Waals surface area contributed by atoms with Crippen LogP contribution in [0.5, 0.6) is 0 Å². The third-order valence-corrected chi connectivity index (χ3v) is 1.18. The largest absolute Gasteiger partial charge is 0.348 e. The Bertz CT molecular complexity index is 146. The van der Waals surface area contributed by atoms with Crippen molar-refractivity contribution < 1.29 is 9.59 Å². The molecule has 0 aromatic heterocycles. The van der Waals surface area contributed by atoms with Crippen molar-refractivity contribution in [2.45, 2.75) is 0 Å². The van der Waals surface area contributed by atoms with Gasteiger partial charge < -0.3 is 10.1 Å². The van der Waals surface area contributed by atoms with Crippen LogP contribution in [0.2, 0.25) is 0 Å². The van der Waals surface area contributed by atoms with Gasteiger partial charge in [-0.1, -0.05) is 23.2 Å². The minimum Gasteiger partial charge on any atom is -0.348 e. The Hall–Kier alpha value is -0.250. The van der Waals surface area contributed by atoms with Gasteiger partial charge in [0.1, 0.15) is 12.2 Å². The number of halogens is 3. The van der Waals surface area contributed by atoms with Crippen molar-refractivity contribution in [1.82, 2.24) is 5.32 Å². The van der Waals surface area contributed by atoms with E-state index in [2.05, 4.69) is 5.32 Å². The van der Waals surface area contributed by atoms with Gasteiger partial charge in [0.25, 0.3) is 0 Å². The maximum atomic E-state index is 10.2. The fourth-order valence-electron chi connectivity index (χ4n) is 0.203. The minimum absolute atomic E-state index is 0.0472. The van der Waals surface area contributed by atoms with Crippen LogP contribution in [0.4, 0.5) is 0 Å². The van der Waals surface area contributed by atoms with E-state index in [9.17, 15) is 9.59 Å². The van der Waals surface area contributed by atoms with Gasteiger partial charge in [-0.25, -0.2) is 0 Å². The van der Waals surface area contributed by atoms with Crippen molar-refractivity contribution in [3.8, 4) is 0 Å². The summed E-state index contributed by atoms with van der Waals surface area (Å²) in [7, 11) is 0. The lowest BCUT2D eigenvalue weighted by Gasteiger charge is -1.91. The summed E-state index contributed by atoms with van der Waals surface area (Å²) >= 11 is 14.8. The molecule has 0 saturated carbocycles. The number of carbonyl (C=O) groups is 2. The van der Waals surface area contributed by atoms with Crippen LogP contribution in [0, 0.1) is 0 Å². The van der Waals surface area contributed by atoms with E-state index in [0.717, 1.165) is 0 Å². The molecule has 0 aliphatic carbocycles. The number of hydrogen-bond donors (Lipinski definition) is 1. The molecule has 1 N–H and O–H groups in total. The summed E-state index contributed by atoms with van der Waals surface area (Å²) < 4.78 is 0. The zero-order valence-corrected chi connectivity index (χ0v) is 8.36. The van der Waals surface area contributed by atoms with Crippen molar-refractivity contribution >= 4 is 47.0 Å². The molecule has 0 rings (SSSR count). The summed E-state index contributed by atoms with van der Waals surface area (Å²) in [5, 5.41) is 2.24. The summed E-state index contributed by atoms with van der Waals surface area (Å²) in [5.74, 6) is -0.410. The van der Waals surface area contributed by atoms with E-state index in [1.54, 1.807) is 0 Å². The van der Waals surface area contributed by atoms with Crippen molar-refractivity contribution in [2.24, 2.45) is 0 Å². The Labute approximate surface area is 85.7 Å². The molecule has 0 aromatic rings. The van der Waals surface area contributed by atoms with Crippen molar-refractivity contribution in [3.63, 3.8) is 0 Å². The van der Waals surface area contributed by atoms with E-state index in [-0.39, 0.29) is 18.3 Å². The maximum Gasteiger partial charge on any atom is 0.235 e. The highest BCUT2D eigenvalue weighted by molar-refractivity contribution is 6.33. The van der Waals surface area contributed by atoms with Gasteiger partial charge in [0.15, 0.2) is 0 Å². The zero-order chi connectivity index (χ0) is 9.82. The second kappa shape index (κ2) is 13.3. The lowest BCUT2D eigenvalue weighted by molar-refractivity contribution is -0.120. The van der Waals surface area contributed by atoms with Crippen LogP contribution in [0.25, 0.3) is 0 Å². The summed E-state index contributed by atoms with van der Waals surface area (Å²) in [6, 6.07) is 0. The standard InChI is InChI=1S/C4H6ClNO2.C2H2Cl2/c5-3-4(8)6-1-2-7;3-1-2-4/h2H,1,3H2,(H,6,8);1-2H. The van der Waals surface area contributed by atoms with E-state index in [1.807, 2.05) is 0 Å². The van der Waals surface area contributed by atoms with Gasteiger partial charge in [-0.3, -0.25) is 4.79 Å². The topological polar surface area (TPSA) is 46.2 Å². The fraction of sp³-hybridized carbons (Fsp3) is 0.333. The molecule has 0 aromatic carbocycles. The molecule has 3 nitrogen and oxygen atoms in total. The van der Waals surface area contributed by atoms with Crippen LogP contribution < -0.4 is 5.32 Å². The first-order valence-electron chi connectivity index (χ1n) is 2.84. The van der Waals surface area contributed by atoms with Gasteiger partial charge in [0.2, 0.25) is 5.91 Å². The van der Waals surface area contributed by atoms with Crippen molar-refractivity contribution in [2.75, 3.05) is 12.4 Å². The quantitative estimate of drug-likeness (QED) is 0.592. The first kappa shape index (κ1) is 14.3. The van der Waals surface area contributed by atoms with E-state index in [1.165, 1.54) is 11.1 Å². The molecule has 12 heavy (non-hydrogen) atoms. The molecular weight excluding hydrogens is 224 g/mol. The first-order valence-corrected chi connectivity index (χ1v) is 4.25. The maximum absolute atomic E-state index is 10.2. The zero-order valence-electron chi connectivity index (χ0n) is 6.10. The van der Waals surface area contributed by atoms with Gasteiger partial charge in [0, 0.05) is 11.1 Å². The smallest absolute Gasteiger partial charge is 0.235 e. The molecule has 0 heterocycles. The molecule has 0 atom stereocenters. The second-order valence-electron chi connectivity index (χ2n) is 1.36. The molecule has 0 bridgehead atoms. The Morgan fingerprint density at radius 3 is 2.08 bits per heavy atom. The van der Waals surface area contributed by atoms with E-state index in [4.69, 9.17) is 34.8 Å². The third kappa shape index (κ3) is 16.4. The normalized spacial score (nSPS) is 8.58. The molecule has 0 aliphatic rings. The molecule has 0 unspecified atom stereocenters. The number of amides is 1. The molecular formula is C6H8Cl3NO2. The lowest BCUT2D eigenvalue weighted by atomic mass is 10.6. The molecule has 0 saturated heterocycles. The first-order chi connectivity index (χ1) is 5.72. The number of rotatable bonds is 3. The van der Waals surface area contributed by atoms with Gasteiger partial charge in [0.05, 0.1) is 6.54 Å². The molecule has 70 valence electrons. The van der Waals surface area contributed by atoms with Gasteiger partial charge >= 0.3 is 0 Å². The highest BCUT2D eigenvalue weighted by Crippen LogP contribution is 1.78. The Morgan fingerprint density at radius 2 is 1.83 bits per heavy atom. The molecule has 6 heteroatoms. The Kier molecular flexibility index (Phi) is 15.9. The monoisotopic (exact) mass is 231 g/mol. The predicted octanol–water partition coefficient (Wildman–Crippen LogP) is 1.48. The van der Waals surface area contributed by atoms with Crippen molar-refractivity contribution in [3.05, 3.63) is 11.1 Å². The summed E-state index contributed by atoms with van der Waals surface area (Å²) in [5.41, 5.74) is 2.48. The summed E-state index contributed by atoms with van der Waals surface area (Å²) in [6.45, 7) is 0.0472. The predicted molar refractivity (Wildman–Crippen MR) is 50.6 cm³/mol. The molecule has 1 amide bonds. The van der Waals surface area contributed by atoms with Crippen molar-refractivity contribution in [1.29, 1.82) is 0 Å². The fourth-order valence-corrected chi connectivity index (χ4v) is 0.297. The van der Waals surface area contributed by atoms with E-state index >= 15 is 0 Å². The average molecular weight is 232 g/mol. The van der Waals surface area contributed by atoms with Crippen LogP contribution in [-0.2, 0) is 9.59 Å². The molecule has 0 radical (unpaired) electrons. The van der Waals surface area contributed by atoms with Gasteiger partial charge in [-0.05, 0) is 0 Å². The lowest BCUT2D eigenvalue weighted by Crippen LogP contribution is -2.25. The highest BCUT2D eigenvalue weighted by Gasteiger charge is 1.92. The van der Waals surface area contributed by atoms with Crippen LogP contribution in [0.15, 0.2) is 11.1 Å². The summed E-state index contributed by atoms with van der Waals surface area (Å²) in [6.07, 6.45) is 0.602. The Morgan fingerprint density at radius 1 is 1.33 bits per heavy atom. The SMILES string of the molecule is ClC=CCl.O=CCNC(=O)CCl. The van der Waals surface area contributed by atoms with E-state index in [0.29, 0.717) is 6.29 Å². The third-order valence-electron chi connectivity index (χ3n) is 0.552. The summed E-state index contributed by atoms with van der Waals surface area (Å²) in [4.78, 5) is 19.7. The number of carbonyl (C=O) groups excluding carboxylic acids is 2. The molecule has 0 aliphatic heterocycles. The van der Waals surface area contributed by atoms with E-state index < -0.39 is 0 Å². The van der Waals surface area contributed by atoms with Crippen LogP contribution >= 0.6 is 34.8 Å². The average Bonchev–Trinajstić information content (AvgIpc) is 2.14. The number of aldehydes is 1. The molecule has 0 fully saturated rings. The Balaban J connectivity index is 0. The van der Waals surface area contributed by atoms with Crippen LogP contribution in [0.1, 0.15) is 0 Å². The van der Waals surface area contributed by atoms with Crippen LogP contribution in [0.3, 0.4) is 0 Å². The number of nitrogens with one attached hydrogen (secondary N) is 1. The van der Waals surface area contributed by atoms with Gasteiger partial charge in [-0.15, -0.1) is 11.6 Å². The highest BCUT2D eigenvalue weighted by atomic mass is 35.5. The minimum atomic E-state index is -0.321. The number of hydrogen-bond acceptors (Lipinski definition) is 2. The second-order valence-corrected chi connectivity index (χ2v) is 2.13. The van der Waals surface area contributed by atoms with Crippen LogP contribution in [-0.4, -0.2) is 24.6 Å².